The second-order valence-electron chi connectivity index (χ2n) is 4.28. The summed E-state index contributed by atoms with van der Waals surface area (Å²) in [5.74, 6) is 0.629. The number of carbonyl (C=O) groups is 1. The molecule has 1 amide bonds. The molecule has 0 aliphatic carbocycles. The van der Waals surface area contributed by atoms with Gasteiger partial charge in [-0.05, 0) is 31.5 Å². The summed E-state index contributed by atoms with van der Waals surface area (Å²) in [5.41, 5.74) is 6.39. The molecule has 0 aromatic heterocycles. The Bertz CT molecular complexity index is 408. The van der Waals surface area contributed by atoms with Gasteiger partial charge in [-0.3, -0.25) is 4.79 Å². The standard InChI is InChI=1S/C13H19ClN2O2/c1-9(2)16-13(17)5-6-18-11-4-3-10(8-15)12(14)7-11/h3-4,7,9H,5-6,8,15H2,1-2H3,(H,16,17). The van der Waals surface area contributed by atoms with E-state index in [0.717, 1.165) is 5.56 Å². The van der Waals surface area contributed by atoms with Crippen molar-refractivity contribution in [2.75, 3.05) is 6.61 Å². The highest BCUT2D eigenvalue weighted by Crippen LogP contribution is 2.22. The highest BCUT2D eigenvalue weighted by atomic mass is 35.5. The molecule has 18 heavy (non-hydrogen) atoms. The summed E-state index contributed by atoms with van der Waals surface area (Å²) in [6.45, 7) is 4.57. The molecule has 0 bridgehead atoms. The Morgan fingerprint density at radius 2 is 2.22 bits per heavy atom. The Labute approximate surface area is 112 Å². The number of ether oxygens (including phenoxy) is 1. The first-order chi connectivity index (χ1) is 8.52. The van der Waals surface area contributed by atoms with Crippen LogP contribution in [0.5, 0.6) is 5.75 Å². The molecule has 0 unspecified atom stereocenters. The summed E-state index contributed by atoms with van der Waals surface area (Å²) in [5, 5.41) is 3.38. The van der Waals surface area contributed by atoms with E-state index in [1.807, 2.05) is 19.9 Å². The van der Waals surface area contributed by atoms with Crippen LogP contribution in [0.3, 0.4) is 0 Å². The first kappa shape index (κ1) is 14.8. The lowest BCUT2D eigenvalue weighted by molar-refractivity contribution is -0.122. The van der Waals surface area contributed by atoms with Crippen LogP contribution in [0.25, 0.3) is 0 Å². The van der Waals surface area contributed by atoms with Gasteiger partial charge in [0.15, 0.2) is 0 Å². The number of benzene rings is 1. The predicted molar refractivity (Wildman–Crippen MR) is 72.7 cm³/mol. The zero-order valence-electron chi connectivity index (χ0n) is 10.7. The maximum absolute atomic E-state index is 11.4. The monoisotopic (exact) mass is 270 g/mol. The Morgan fingerprint density at radius 3 is 2.78 bits per heavy atom. The minimum atomic E-state index is -0.0188. The molecule has 0 aliphatic rings. The molecule has 100 valence electrons. The molecule has 0 radical (unpaired) electrons. The molecule has 1 aromatic carbocycles. The summed E-state index contributed by atoms with van der Waals surface area (Å²) < 4.78 is 5.45. The first-order valence-corrected chi connectivity index (χ1v) is 6.31. The van der Waals surface area contributed by atoms with Gasteiger partial charge in [0.2, 0.25) is 5.91 Å². The first-order valence-electron chi connectivity index (χ1n) is 5.93. The average molecular weight is 271 g/mol. The Balaban J connectivity index is 2.40. The van der Waals surface area contributed by atoms with E-state index >= 15 is 0 Å². The van der Waals surface area contributed by atoms with Crippen LogP contribution >= 0.6 is 11.6 Å². The van der Waals surface area contributed by atoms with Crippen molar-refractivity contribution in [3.63, 3.8) is 0 Å². The van der Waals surface area contributed by atoms with E-state index < -0.39 is 0 Å². The van der Waals surface area contributed by atoms with Gasteiger partial charge in [0.1, 0.15) is 5.75 Å². The average Bonchev–Trinajstić information content (AvgIpc) is 2.28. The number of rotatable bonds is 6. The summed E-state index contributed by atoms with van der Waals surface area (Å²) >= 11 is 6.00. The summed E-state index contributed by atoms with van der Waals surface area (Å²) in [4.78, 5) is 11.4. The summed E-state index contributed by atoms with van der Waals surface area (Å²) in [6.07, 6.45) is 0.328. The topological polar surface area (TPSA) is 64.3 Å². The van der Waals surface area contributed by atoms with Crippen LogP contribution in [0, 0.1) is 0 Å². The normalized spacial score (nSPS) is 10.5. The quantitative estimate of drug-likeness (QED) is 0.832. The maximum Gasteiger partial charge on any atom is 0.223 e. The van der Waals surface area contributed by atoms with Crippen molar-refractivity contribution in [3.05, 3.63) is 28.8 Å². The molecule has 0 aliphatic heterocycles. The molecule has 3 N–H and O–H groups in total. The largest absolute Gasteiger partial charge is 0.493 e. The zero-order valence-corrected chi connectivity index (χ0v) is 11.5. The van der Waals surface area contributed by atoms with Crippen LogP contribution < -0.4 is 15.8 Å². The van der Waals surface area contributed by atoms with Gasteiger partial charge in [0.25, 0.3) is 0 Å². The third-order valence-corrected chi connectivity index (χ3v) is 2.64. The highest BCUT2D eigenvalue weighted by Gasteiger charge is 2.05. The maximum atomic E-state index is 11.4. The van der Waals surface area contributed by atoms with Crippen molar-refractivity contribution >= 4 is 17.5 Å². The lowest BCUT2D eigenvalue weighted by Gasteiger charge is -2.10. The van der Waals surface area contributed by atoms with E-state index in [1.54, 1.807) is 12.1 Å². The van der Waals surface area contributed by atoms with Gasteiger partial charge in [0.05, 0.1) is 13.0 Å². The van der Waals surface area contributed by atoms with Crippen LogP contribution in [-0.2, 0) is 11.3 Å². The fourth-order valence-electron chi connectivity index (χ4n) is 1.44. The van der Waals surface area contributed by atoms with Gasteiger partial charge in [-0.15, -0.1) is 0 Å². The second-order valence-corrected chi connectivity index (χ2v) is 4.69. The van der Waals surface area contributed by atoms with Crippen molar-refractivity contribution in [3.8, 4) is 5.75 Å². The Hall–Kier alpha value is -1.26. The van der Waals surface area contributed by atoms with Gasteiger partial charge in [-0.25, -0.2) is 0 Å². The third kappa shape index (κ3) is 4.94. The molecule has 0 fully saturated rings. The van der Waals surface area contributed by atoms with E-state index in [-0.39, 0.29) is 11.9 Å². The Kier molecular flexibility index (Phi) is 5.95. The van der Waals surface area contributed by atoms with Gasteiger partial charge in [0, 0.05) is 17.6 Å². The molecule has 1 aromatic rings. The van der Waals surface area contributed by atoms with E-state index in [9.17, 15) is 4.79 Å². The molecule has 0 saturated heterocycles. The molecule has 5 heteroatoms. The van der Waals surface area contributed by atoms with E-state index in [1.165, 1.54) is 0 Å². The smallest absolute Gasteiger partial charge is 0.223 e. The molecule has 0 saturated carbocycles. The number of hydrogen-bond donors (Lipinski definition) is 2. The zero-order chi connectivity index (χ0) is 13.5. The minimum Gasteiger partial charge on any atom is -0.493 e. The number of nitrogens with two attached hydrogens (primary N) is 1. The van der Waals surface area contributed by atoms with Crippen LogP contribution in [0.15, 0.2) is 18.2 Å². The number of hydrogen-bond acceptors (Lipinski definition) is 3. The van der Waals surface area contributed by atoms with Gasteiger partial charge < -0.3 is 15.8 Å². The molecular weight excluding hydrogens is 252 g/mol. The number of nitrogens with one attached hydrogen (secondary N) is 1. The van der Waals surface area contributed by atoms with Crippen LogP contribution in [0.1, 0.15) is 25.8 Å². The summed E-state index contributed by atoms with van der Waals surface area (Å²) in [6, 6.07) is 5.49. The number of amides is 1. The van der Waals surface area contributed by atoms with Gasteiger partial charge in [-0.1, -0.05) is 17.7 Å². The van der Waals surface area contributed by atoms with Crippen molar-refractivity contribution in [2.45, 2.75) is 32.9 Å². The lowest BCUT2D eigenvalue weighted by atomic mass is 10.2. The van der Waals surface area contributed by atoms with Crippen molar-refractivity contribution in [1.82, 2.24) is 5.32 Å². The van der Waals surface area contributed by atoms with E-state index in [0.29, 0.717) is 30.3 Å². The minimum absolute atomic E-state index is 0.0188. The third-order valence-electron chi connectivity index (χ3n) is 2.29. The number of carbonyl (C=O) groups excluding carboxylic acids is 1. The van der Waals surface area contributed by atoms with Crippen molar-refractivity contribution < 1.29 is 9.53 Å². The fraction of sp³-hybridized carbons (Fsp3) is 0.462. The predicted octanol–water partition coefficient (Wildman–Crippen LogP) is 2.09. The van der Waals surface area contributed by atoms with E-state index in [2.05, 4.69) is 5.32 Å². The molecule has 4 nitrogen and oxygen atoms in total. The number of halogens is 1. The van der Waals surface area contributed by atoms with Crippen LogP contribution in [0.2, 0.25) is 5.02 Å². The van der Waals surface area contributed by atoms with Gasteiger partial charge in [-0.2, -0.15) is 0 Å². The van der Waals surface area contributed by atoms with Gasteiger partial charge >= 0.3 is 0 Å². The molecular formula is C13H19ClN2O2. The SMILES string of the molecule is CC(C)NC(=O)CCOc1ccc(CN)c(Cl)c1. The Morgan fingerprint density at radius 1 is 1.50 bits per heavy atom. The van der Waals surface area contributed by atoms with Crippen molar-refractivity contribution in [1.29, 1.82) is 0 Å². The van der Waals surface area contributed by atoms with Crippen molar-refractivity contribution in [2.24, 2.45) is 5.73 Å². The van der Waals surface area contributed by atoms with E-state index in [4.69, 9.17) is 22.1 Å². The molecule has 0 spiro atoms. The molecule has 0 heterocycles. The van der Waals surface area contributed by atoms with Crippen LogP contribution in [0.4, 0.5) is 0 Å². The fourth-order valence-corrected chi connectivity index (χ4v) is 1.69. The highest BCUT2D eigenvalue weighted by molar-refractivity contribution is 6.31. The summed E-state index contributed by atoms with van der Waals surface area (Å²) in [7, 11) is 0. The molecule has 0 atom stereocenters. The van der Waals surface area contributed by atoms with Crippen LogP contribution in [-0.4, -0.2) is 18.6 Å². The lowest BCUT2D eigenvalue weighted by Crippen LogP contribution is -2.31. The second kappa shape index (κ2) is 7.24. The molecule has 1 rings (SSSR count).